The maximum absolute atomic E-state index is 11.9. The average molecular weight is 257 g/mol. The van der Waals surface area contributed by atoms with E-state index in [4.69, 9.17) is 4.52 Å². The highest BCUT2D eigenvalue weighted by atomic mass is 31.2. The zero-order chi connectivity index (χ0) is 12.5. The molecule has 0 spiro atoms. The lowest BCUT2D eigenvalue weighted by molar-refractivity contribution is -0.115. The summed E-state index contributed by atoms with van der Waals surface area (Å²) in [7, 11) is -1.09. The van der Waals surface area contributed by atoms with Crippen LogP contribution in [-0.4, -0.2) is 5.91 Å². The molecule has 90 valence electrons. The van der Waals surface area contributed by atoms with Crippen molar-refractivity contribution in [3.8, 4) is 5.75 Å². The number of carbonyl (C=O) groups is 1. The predicted octanol–water partition coefficient (Wildman–Crippen LogP) is 3.07. The van der Waals surface area contributed by atoms with E-state index in [0.29, 0.717) is 0 Å². The van der Waals surface area contributed by atoms with Crippen LogP contribution in [0.15, 0.2) is 54.6 Å². The summed E-state index contributed by atoms with van der Waals surface area (Å²) >= 11 is 0. The van der Waals surface area contributed by atoms with Crippen LogP contribution in [0, 0.1) is 0 Å². The number of hydrogen-bond acceptors (Lipinski definition) is 2. The van der Waals surface area contributed by atoms with Crippen LogP contribution in [0.1, 0.15) is 6.92 Å². The van der Waals surface area contributed by atoms with Gasteiger partial charge < -0.3 is 4.52 Å². The minimum Gasteiger partial charge on any atom is -0.446 e. The van der Waals surface area contributed by atoms with E-state index in [-0.39, 0.29) is 5.91 Å². The van der Waals surface area contributed by atoms with Crippen LogP contribution in [0.3, 0.4) is 0 Å². The Morgan fingerprint density at radius 2 is 1.72 bits per heavy atom. The van der Waals surface area contributed by atoms with Gasteiger partial charge in [-0.3, -0.25) is 9.46 Å². The predicted molar refractivity (Wildman–Crippen MR) is 73.2 cm³/mol. The van der Waals surface area contributed by atoms with Gasteiger partial charge in [0.1, 0.15) is 5.75 Å². The molecule has 0 saturated heterocycles. The van der Waals surface area contributed by atoms with Gasteiger partial charge in [-0.1, -0.05) is 30.3 Å². The maximum Gasteiger partial charge on any atom is 0.232 e. The Hall–Kier alpha value is -1.86. The Bertz CT molecular complexity index is 585. The number of amides is 1. The third kappa shape index (κ3) is 1.77. The number of hydrogen-bond donors (Lipinski definition) is 0. The number of anilines is 1. The summed E-state index contributed by atoms with van der Waals surface area (Å²) in [6.45, 7) is 1.57. The first-order valence-corrected chi connectivity index (χ1v) is 6.91. The number of fused-ring (bicyclic) bond motifs is 1. The molecule has 1 atom stereocenters. The van der Waals surface area contributed by atoms with E-state index < -0.39 is 8.30 Å². The second-order valence-electron chi connectivity index (χ2n) is 4.00. The number of benzene rings is 2. The minimum absolute atomic E-state index is 0.00918. The number of rotatable bonds is 1. The van der Waals surface area contributed by atoms with Crippen molar-refractivity contribution in [2.75, 3.05) is 4.67 Å². The molecule has 4 heteroatoms. The van der Waals surface area contributed by atoms with Gasteiger partial charge in [0, 0.05) is 12.2 Å². The van der Waals surface area contributed by atoms with Gasteiger partial charge in [-0.2, -0.15) is 0 Å². The van der Waals surface area contributed by atoms with Crippen LogP contribution in [0.4, 0.5) is 5.69 Å². The molecule has 2 aromatic rings. The topological polar surface area (TPSA) is 29.5 Å². The quantitative estimate of drug-likeness (QED) is 0.735. The van der Waals surface area contributed by atoms with Gasteiger partial charge in [0.05, 0.1) is 5.69 Å². The fourth-order valence-electron chi connectivity index (χ4n) is 1.96. The molecule has 0 fully saturated rings. The Morgan fingerprint density at radius 1 is 1.06 bits per heavy atom. The molecule has 2 aromatic carbocycles. The Labute approximate surface area is 107 Å². The highest BCUT2D eigenvalue weighted by Crippen LogP contribution is 2.54. The molecule has 1 amide bonds. The van der Waals surface area contributed by atoms with Crippen molar-refractivity contribution in [2.45, 2.75) is 6.92 Å². The van der Waals surface area contributed by atoms with Crippen LogP contribution in [0.5, 0.6) is 5.75 Å². The Morgan fingerprint density at radius 3 is 2.44 bits per heavy atom. The van der Waals surface area contributed by atoms with Crippen molar-refractivity contribution < 1.29 is 9.32 Å². The van der Waals surface area contributed by atoms with Gasteiger partial charge >= 0.3 is 0 Å². The summed E-state index contributed by atoms with van der Waals surface area (Å²) in [5, 5.41) is 1.04. The number of nitrogens with zero attached hydrogens (tertiary/aromatic N) is 1. The normalized spacial score (nSPS) is 17.2. The van der Waals surface area contributed by atoms with Crippen molar-refractivity contribution >= 4 is 25.2 Å². The molecule has 0 radical (unpaired) electrons. The van der Waals surface area contributed by atoms with E-state index in [1.54, 1.807) is 11.6 Å². The first-order valence-electron chi connectivity index (χ1n) is 5.70. The minimum atomic E-state index is -1.09. The van der Waals surface area contributed by atoms with E-state index in [1.165, 1.54) is 0 Å². The molecule has 3 nitrogen and oxygen atoms in total. The van der Waals surface area contributed by atoms with Crippen molar-refractivity contribution in [1.82, 2.24) is 0 Å². The van der Waals surface area contributed by atoms with Gasteiger partial charge in [-0.15, -0.1) is 0 Å². The van der Waals surface area contributed by atoms with Crippen molar-refractivity contribution in [3.05, 3.63) is 54.6 Å². The molecule has 0 bridgehead atoms. The number of carbonyl (C=O) groups excluding carboxylic acids is 1. The molecule has 0 N–H and O–H groups in total. The molecular formula is C14H12NO2P. The van der Waals surface area contributed by atoms with Crippen molar-refractivity contribution in [2.24, 2.45) is 0 Å². The van der Waals surface area contributed by atoms with Crippen LogP contribution < -0.4 is 14.5 Å². The lowest BCUT2D eigenvalue weighted by Gasteiger charge is -2.20. The largest absolute Gasteiger partial charge is 0.446 e. The molecular weight excluding hydrogens is 245 g/mol. The van der Waals surface area contributed by atoms with Crippen LogP contribution in [0.25, 0.3) is 0 Å². The summed E-state index contributed by atoms with van der Waals surface area (Å²) in [6, 6.07) is 17.5. The molecule has 1 heterocycles. The first-order chi connectivity index (χ1) is 8.77. The summed E-state index contributed by atoms with van der Waals surface area (Å²) in [4.78, 5) is 11.9. The lowest BCUT2D eigenvalue weighted by atomic mass is 10.3. The second-order valence-corrected chi connectivity index (χ2v) is 5.64. The Balaban J connectivity index is 2.06. The van der Waals surface area contributed by atoms with Crippen LogP contribution in [0.2, 0.25) is 0 Å². The molecule has 1 unspecified atom stereocenters. The lowest BCUT2D eigenvalue weighted by Crippen LogP contribution is -2.25. The molecule has 1 aliphatic rings. The third-order valence-corrected chi connectivity index (χ3v) is 4.71. The Kier molecular flexibility index (Phi) is 2.77. The van der Waals surface area contributed by atoms with Crippen LogP contribution in [-0.2, 0) is 4.79 Å². The fraction of sp³-hybridized carbons (Fsp3) is 0.0714. The number of para-hydroxylation sites is 2. The highest BCUT2D eigenvalue weighted by Gasteiger charge is 2.35. The smallest absolute Gasteiger partial charge is 0.232 e. The molecule has 0 aliphatic carbocycles. The first kappa shape index (κ1) is 11.2. The van der Waals surface area contributed by atoms with Crippen molar-refractivity contribution in [3.63, 3.8) is 0 Å². The standard InChI is InChI=1S/C14H12NO2P/c1-11(16)15-13-9-5-6-10-14(13)17-18(15)12-7-3-2-4-8-12/h2-10H,1H3. The molecule has 3 rings (SSSR count). The monoisotopic (exact) mass is 257 g/mol. The highest BCUT2D eigenvalue weighted by molar-refractivity contribution is 7.64. The van der Waals surface area contributed by atoms with Crippen LogP contribution >= 0.6 is 8.30 Å². The van der Waals surface area contributed by atoms with Gasteiger partial charge in [0.15, 0.2) is 0 Å². The summed E-state index contributed by atoms with van der Waals surface area (Å²) in [5.41, 5.74) is 0.861. The van der Waals surface area contributed by atoms with Gasteiger partial charge in [0.2, 0.25) is 14.2 Å². The molecule has 18 heavy (non-hydrogen) atoms. The van der Waals surface area contributed by atoms with Gasteiger partial charge in [-0.05, 0) is 24.3 Å². The SMILES string of the molecule is CC(=O)N1c2ccccc2OP1c1ccccc1. The van der Waals surface area contributed by atoms with E-state index in [9.17, 15) is 4.79 Å². The molecule has 0 aromatic heterocycles. The average Bonchev–Trinajstić information content (AvgIpc) is 2.79. The van der Waals surface area contributed by atoms with E-state index in [0.717, 1.165) is 16.7 Å². The van der Waals surface area contributed by atoms with E-state index in [2.05, 4.69) is 0 Å². The summed E-state index contributed by atoms with van der Waals surface area (Å²) < 4.78 is 7.69. The zero-order valence-electron chi connectivity index (χ0n) is 9.91. The summed E-state index contributed by atoms with van der Waals surface area (Å²) in [6.07, 6.45) is 0. The van der Waals surface area contributed by atoms with Crippen molar-refractivity contribution in [1.29, 1.82) is 0 Å². The fourth-order valence-corrected chi connectivity index (χ4v) is 3.77. The molecule has 0 saturated carbocycles. The summed E-state index contributed by atoms with van der Waals surface area (Å²) in [5.74, 6) is 0.789. The zero-order valence-corrected chi connectivity index (χ0v) is 10.8. The molecule has 1 aliphatic heterocycles. The van der Waals surface area contributed by atoms with Gasteiger partial charge in [-0.25, -0.2) is 0 Å². The van der Waals surface area contributed by atoms with E-state index in [1.807, 2.05) is 54.6 Å². The van der Waals surface area contributed by atoms with Gasteiger partial charge in [0.25, 0.3) is 0 Å². The second kappa shape index (κ2) is 4.43. The van der Waals surface area contributed by atoms with E-state index >= 15 is 0 Å². The maximum atomic E-state index is 11.9. The third-order valence-electron chi connectivity index (χ3n) is 2.74.